The molecule has 0 aliphatic carbocycles. The molecule has 0 saturated heterocycles. The van der Waals surface area contributed by atoms with Crippen LogP contribution in [-0.4, -0.2) is 23.2 Å². The van der Waals surface area contributed by atoms with Gasteiger partial charge in [0.2, 0.25) is 0 Å². The highest BCUT2D eigenvalue weighted by atomic mass is 32.2. The van der Waals surface area contributed by atoms with E-state index in [1.165, 1.54) is 0 Å². The molecule has 0 aromatic heterocycles. The molecule has 0 radical (unpaired) electrons. The van der Waals surface area contributed by atoms with Crippen LogP contribution in [0.3, 0.4) is 0 Å². The van der Waals surface area contributed by atoms with Gasteiger partial charge < -0.3 is 5.11 Å². The Morgan fingerprint density at radius 2 is 2.29 bits per heavy atom. The SMILES string of the molecule is CSCC[C@@H](C)O. The Bertz CT molecular complexity index is 37.1. The van der Waals surface area contributed by atoms with Gasteiger partial charge in [-0.25, -0.2) is 0 Å². The highest BCUT2D eigenvalue weighted by molar-refractivity contribution is 7.98. The van der Waals surface area contributed by atoms with E-state index < -0.39 is 0 Å². The molecule has 2 heteroatoms. The first-order valence-corrected chi connectivity index (χ1v) is 3.83. The number of aliphatic hydroxyl groups is 1. The third-order valence-electron chi connectivity index (χ3n) is 0.740. The van der Waals surface area contributed by atoms with Crippen LogP contribution in [0.1, 0.15) is 13.3 Å². The minimum Gasteiger partial charge on any atom is -0.393 e. The minimum absolute atomic E-state index is 0.118. The molecule has 0 bridgehead atoms. The van der Waals surface area contributed by atoms with Crippen LogP contribution in [0.25, 0.3) is 0 Å². The Morgan fingerprint density at radius 1 is 1.71 bits per heavy atom. The number of hydrogen-bond donors (Lipinski definition) is 1. The van der Waals surface area contributed by atoms with Crippen molar-refractivity contribution in [3.63, 3.8) is 0 Å². The first-order valence-electron chi connectivity index (χ1n) is 2.44. The molecule has 0 saturated carbocycles. The second-order valence-corrected chi connectivity index (χ2v) is 2.62. The Morgan fingerprint density at radius 3 is 2.43 bits per heavy atom. The average molecular weight is 120 g/mol. The second-order valence-electron chi connectivity index (χ2n) is 1.63. The van der Waals surface area contributed by atoms with E-state index in [2.05, 4.69) is 0 Å². The van der Waals surface area contributed by atoms with Crippen LogP contribution in [0.4, 0.5) is 0 Å². The largest absolute Gasteiger partial charge is 0.393 e. The molecule has 0 heterocycles. The fourth-order valence-electron chi connectivity index (χ4n) is 0.288. The van der Waals surface area contributed by atoms with Gasteiger partial charge in [0.15, 0.2) is 0 Å². The molecule has 7 heavy (non-hydrogen) atoms. The summed E-state index contributed by atoms with van der Waals surface area (Å²) < 4.78 is 0. The number of rotatable bonds is 3. The fraction of sp³-hybridized carbons (Fsp3) is 1.00. The Hall–Kier alpha value is 0.310. The Kier molecular flexibility index (Phi) is 4.67. The van der Waals surface area contributed by atoms with E-state index in [9.17, 15) is 0 Å². The third kappa shape index (κ3) is 6.31. The molecule has 1 N–H and O–H groups in total. The molecular formula is C5H12OS. The maximum absolute atomic E-state index is 8.67. The summed E-state index contributed by atoms with van der Waals surface area (Å²) in [6.45, 7) is 1.82. The highest BCUT2D eigenvalue weighted by Crippen LogP contribution is 1.97. The minimum atomic E-state index is -0.118. The molecule has 1 nitrogen and oxygen atoms in total. The monoisotopic (exact) mass is 120 g/mol. The zero-order valence-corrected chi connectivity index (χ0v) is 5.66. The van der Waals surface area contributed by atoms with Gasteiger partial charge in [-0.2, -0.15) is 11.8 Å². The van der Waals surface area contributed by atoms with Gasteiger partial charge in [-0.15, -0.1) is 0 Å². The van der Waals surface area contributed by atoms with Gasteiger partial charge in [-0.1, -0.05) is 0 Å². The van der Waals surface area contributed by atoms with E-state index >= 15 is 0 Å². The number of hydrogen-bond acceptors (Lipinski definition) is 2. The standard InChI is InChI=1S/C5H12OS/c1-5(6)3-4-7-2/h5-6H,3-4H2,1-2H3/t5-/m1/s1. The normalized spacial score (nSPS) is 14.1. The lowest BCUT2D eigenvalue weighted by Gasteiger charge is -1.98. The van der Waals surface area contributed by atoms with Crippen LogP contribution in [0.15, 0.2) is 0 Å². The molecule has 44 valence electrons. The van der Waals surface area contributed by atoms with Crippen LogP contribution in [0.5, 0.6) is 0 Å². The molecule has 0 spiro atoms. The highest BCUT2D eigenvalue weighted by Gasteiger charge is 1.90. The van der Waals surface area contributed by atoms with Crippen molar-refractivity contribution >= 4 is 11.8 Å². The average Bonchev–Trinajstić information content (AvgIpc) is 1.61. The molecule has 0 aliphatic heterocycles. The Balaban J connectivity index is 2.68. The summed E-state index contributed by atoms with van der Waals surface area (Å²) in [4.78, 5) is 0. The maximum atomic E-state index is 8.67. The summed E-state index contributed by atoms with van der Waals surface area (Å²) in [6, 6.07) is 0. The number of thioether (sulfide) groups is 1. The summed E-state index contributed by atoms with van der Waals surface area (Å²) in [5.74, 6) is 1.07. The molecular weight excluding hydrogens is 108 g/mol. The van der Waals surface area contributed by atoms with Crippen molar-refractivity contribution in [3.8, 4) is 0 Å². The second kappa shape index (κ2) is 4.47. The first-order chi connectivity index (χ1) is 3.27. The van der Waals surface area contributed by atoms with Crippen LogP contribution in [-0.2, 0) is 0 Å². The molecule has 1 atom stereocenters. The molecule has 0 aromatic carbocycles. The number of aliphatic hydroxyl groups excluding tert-OH is 1. The lowest BCUT2D eigenvalue weighted by Crippen LogP contribution is -1.99. The zero-order valence-electron chi connectivity index (χ0n) is 4.85. The van der Waals surface area contributed by atoms with Crippen molar-refractivity contribution in [3.05, 3.63) is 0 Å². The van der Waals surface area contributed by atoms with Gasteiger partial charge in [0, 0.05) is 0 Å². The van der Waals surface area contributed by atoms with Crippen molar-refractivity contribution in [2.45, 2.75) is 19.4 Å². The van der Waals surface area contributed by atoms with Gasteiger partial charge in [0.05, 0.1) is 6.10 Å². The van der Waals surface area contributed by atoms with Crippen molar-refractivity contribution < 1.29 is 5.11 Å². The molecule has 0 aliphatic rings. The van der Waals surface area contributed by atoms with Gasteiger partial charge in [-0.05, 0) is 25.4 Å². The lowest BCUT2D eigenvalue weighted by atomic mass is 10.3. The molecule has 0 unspecified atom stereocenters. The van der Waals surface area contributed by atoms with E-state index in [1.54, 1.807) is 11.8 Å². The Labute approximate surface area is 49.1 Å². The first kappa shape index (κ1) is 7.31. The van der Waals surface area contributed by atoms with Crippen molar-refractivity contribution in [1.29, 1.82) is 0 Å². The van der Waals surface area contributed by atoms with Crippen LogP contribution < -0.4 is 0 Å². The smallest absolute Gasteiger partial charge is 0.0520 e. The fourth-order valence-corrected chi connectivity index (χ4v) is 0.865. The van der Waals surface area contributed by atoms with Gasteiger partial charge in [-0.3, -0.25) is 0 Å². The molecule has 0 amide bonds. The van der Waals surface area contributed by atoms with Crippen LogP contribution in [0, 0.1) is 0 Å². The maximum Gasteiger partial charge on any atom is 0.0520 e. The van der Waals surface area contributed by atoms with Crippen molar-refractivity contribution in [2.75, 3.05) is 12.0 Å². The lowest BCUT2D eigenvalue weighted by molar-refractivity contribution is 0.192. The van der Waals surface area contributed by atoms with E-state index in [-0.39, 0.29) is 6.10 Å². The van der Waals surface area contributed by atoms with Crippen molar-refractivity contribution in [1.82, 2.24) is 0 Å². The predicted molar refractivity (Wildman–Crippen MR) is 34.7 cm³/mol. The van der Waals surface area contributed by atoms with Gasteiger partial charge in [0.1, 0.15) is 0 Å². The molecule has 0 rings (SSSR count). The van der Waals surface area contributed by atoms with E-state index in [4.69, 9.17) is 5.11 Å². The molecule has 0 fully saturated rings. The van der Waals surface area contributed by atoms with Crippen LogP contribution >= 0.6 is 11.8 Å². The summed E-state index contributed by atoms with van der Waals surface area (Å²) in [6.07, 6.45) is 2.84. The third-order valence-corrected chi connectivity index (χ3v) is 1.38. The summed E-state index contributed by atoms with van der Waals surface area (Å²) in [5.41, 5.74) is 0. The van der Waals surface area contributed by atoms with Crippen molar-refractivity contribution in [2.24, 2.45) is 0 Å². The summed E-state index contributed by atoms with van der Waals surface area (Å²) >= 11 is 1.77. The summed E-state index contributed by atoms with van der Waals surface area (Å²) in [7, 11) is 0. The van der Waals surface area contributed by atoms with Gasteiger partial charge in [0.25, 0.3) is 0 Å². The van der Waals surface area contributed by atoms with E-state index in [0.29, 0.717) is 0 Å². The summed E-state index contributed by atoms with van der Waals surface area (Å²) in [5, 5.41) is 8.67. The van der Waals surface area contributed by atoms with E-state index in [0.717, 1.165) is 12.2 Å². The topological polar surface area (TPSA) is 20.2 Å². The predicted octanol–water partition coefficient (Wildman–Crippen LogP) is 1.12. The molecule has 0 aromatic rings. The quantitative estimate of drug-likeness (QED) is 0.602. The zero-order chi connectivity index (χ0) is 5.70. The van der Waals surface area contributed by atoms with Crippen LogP contribution in [0.2, 0.25) is 0 Å². The van der Waals surface area contributed by atoms with Gasteiger partial charge >= 0.3 is 0 Å². The van der Waals surface area contributed by atoms with E-state index in [1.807, 2.05) is 13.2 Å².